The van der Waals surface area contributed by atoms with Gasteiger partial charge in [-0.05, 0) is 37.0 Å². The van der Waals surface area contributed by atoms with Crippen molar-refractivity contribution in [2.45, 2.75) is 19.3 Å². The second kappa shape index (κ2) is 6.27. The lowest BCUT2D eigenvalue weighted by atomic mass is 9.91. The topological polar surface area (TPSA) is 76.1 Å². The van der Waals surface area contributed by atoms with Gasteiger partial charge in [0.05, 0.1) is 12.2 Å². The van der Waals surface area contributed by atoms with E-state index in [9.17, 15) is 9.59 Å². The number of hydrogen-bond donors (Lipinski definition) is 2. The highest BCUT2D eigenvalue weighted by Gasteiger charge is 2.23. The van der Waals surface area contributed by atoms with Crippen molar-refractivity contribution in [2.24, 2.45) is 13.0 Å². The molecule has 130 valence electrons. The maximum absolute atomic E-state index is 12.6. The first-order valence-corrected chi connectivity index (χ1v) is 8.60. The molecule has 1 atom stereocenters. The van der Waals surface area contributed by atoms with E-state index in [-0.39, 0.29) is 17.4 Å². The lowest BCUT2D eigenvalue weighted by molar-refractivity contribution is 0.0926. The van der Waals surface area contributed by atoms with Gasteiger partial charge in [-0.3, -0.25) is 9.59 Å². The Kier molecular flexibility index (Phi) is 3.95. The van der Waals surface area contributed by atoms with Crippen molar-refractivity contribution in [3.63, 3.8) is 0 Å². The number of allylic oxidation sites excluding steroid dienone is 3. The molecule has 2 aromatic heterocycles. The Balaban J connectivity index is 1.48. The number of nitrogens with one attached hydrogen (secondary N) is 2. The van der Waals surface area contributed by atoms with E-state index < -0.39 is 0 Å². The molecule has 0 fully saturated rings. The number of pyridine rings is 1. The highest BCUT2D eigenvalue weighted by atomic mass is 16.5. The molecule has 0 aromatic carbocycles. The summed E-state index contributed by atoms with van der Waals surface area (Å²) in [5.41, 5.74) is 2.18. The molecule has 4 rings (SSSR count). The molecule has 2 aromatic rings. The van der Waals surface area contributed by atoms with Gasteiger partial charge < -0.3 is 19.6 Å². The van der Waals surface area contributed by atoms with E-state index >= 15 is 0 Å². The van der Waals surface area contributed by atoms with Crippen LogP contribution in [0.25, 0.3) is 10.9 Å². The van der Waals surface area contributed by atoms with Crippen LogP contribution in [-0.2, 0) is 11.8 Å². The minimum Gasteiger partial charge on any atom is -0.493 e. The number of carbonyl (C=O) groups is 1. The van der Waals surface area contributed by atoms with Gasteiger partial charge in [0.15, 0.2) is 0 Å². The van der Waals surface area contributed by atoms with E-state index in [2.05, 4.69) is 22.5 Å². The van der Waals surface area contributed by atoms with Crippen LogP contribution < -0.4 is 10.9 Å². The lowest BCUT2D eigenvalue weighted by Gasteiger charge is -2.28. The van der Waals surface area contributed by atoms with E-state index in [0.29, 0.717) is 29.6 Å². The van der Waals surface area contributed by atoms with Crippen molar-refractivity contribution in [3.05, 3.63) is 57.9 Å². The SMILES string of the molecule is Cn1cc(C(=O)NCC2COC3=C(CCC=C3)C2)c2cc[nH]c2c1=O. The Bertz CT molecular complexity index is 948. The fraction of sp³-hybridized carbons (Fsp3) is 0.368. The Morgan fingerprint density at radius 2 is 2.36 bits per heavy atom. The van der Waals surface area contributed by atoms with Crippen LogP contribution in [0.15, 0.2) is 46.7 Å². The van der Waals surface area contributed by atoms with Crippen molar-refractivity contribution >= 4 is 16.8 Å². The number of aryl methyl sites for hydroxylation is 1. The number of hydrogen-bond acceptors (Lipinski definition) is 3. The molecule has 0 saturated carbocycles. The summed E-state index contributed by atoms with van der Waals surface area (Å²) >= 11 is 0. The molecule has 2 N–H and O–H groups in total. The minimum absolute atomic E-state index is 0.137. The highest BCUT2D eigenvalue weighted by Crippen LogP contribution is 2.30. The van der Waals surface area contributed by atoms with Crippen LogP contribution >= 0.6 is 0 Å². The van der Waals surface area contributed by atoms with Gasteiger partial charge in [-0.25, -0.2) is 0 Å². The third-order valence-corrected chi connectivity index (χ3v) is 4.93. The summed E-state index contributed by atoms with van der Waals surface area (Å²) in [5.74, 6) is 1.13. The second-order valence-corrected chi connectivity index (χ2v) is 6.73. The number of fused-ring (bicyclic) bond motifs is 1. The third-order valence-electron chi connectivity index (χ3n) is 4.93. The zero-order chi connectivity index (χ0) is 17.4. The molecule has 0 bridgehead atoms. The Labute approximate surface area is 145 Å². The summed E-state index contributed by atoms with van der Waals surface area (Å²) in [5, 5.41) is 3.66. The van der Waals surface area contributed by atoms with E-state index in [0.717, 1.165) is 25.0 Å². The summed E-state index contributed by atoms with van der Waals surface area (Å²) in [6.45, 7) is 1.18. The molecule has 1 unspecified atom stereocenters. The van der Waals surface area contributed by atoms with Crippen LogP contribution in [0.3, 0.4) is 0 Å². The van der Waals surface area contributed by atoms with Gasteiger partial charge in [0.2, 0.25) is 0 Å². The molecule has 6 nitrogen and oxygen atoms in total. The molecule has 3 heterocycles. The molecule has 0 radical (unpaired) electrons. The normalized spacial score (nSPS) is 19.6. The highest BCUT2D eigenvalue weighted by molar-refractivity contribution is 6.05. The minimum atomic E-state index is -0.163. The first kappa shape index (κ1) is 15.7. The number of aromatic nitrogens is 2. The monoisotopic (exact) mass is 339 g/mol. The Morgan fingerprint density at radius 3 is 3.24 bits per heavy atom. The van der Waals surface area contributed by atoms with Gasteiger partial charge in [-0.2, -0.15) is 0 Å². The third kappa shape index (κ3) is 2.88. The summed E-state index contributed by atoms with van der Waals surface area (Å²) in [7, 11) is 1.65. The number of ether oxygens (including phenoxy) is 1. The first-order chi connectivity index (χ1) is 12.1. The fourth-order valence-electron chi connectivity index (χ4n) is 3.57. The summed E-state index contributed by atoms with van der Waals surface area (Å²) in [4.78, 5) is 27.6. The number of H-pyrrole nitrogens is 1. The molecule has 6 heteroatoms. The van der Waals surface area contributed by atoms with Crippen molar-refractivity contribution in [1.29, 1.82) is 0 Å². The van der Waals surface area contributed by atoms with E-state index in [1.54, 1.807) is 25.5 Å². The van der Waals surface area contributed by atoms with E-state index in [4.69, 9.17) is 4.74 Å². The van der Waals surface area contributed by atoms with E-state index in [1.807, 2.05) is 0 Å². The summed E-state index contributed by atoms with van der Waals surface area (Å²) in [6, 6.07) is 1.76. The summed E-state index contributed by atoms with van der Waals surface area (Å²) in [6.07, 6.45) is 10.5. The molecule has 1 aliphatic carbocycles. The molecule has 1 aliphatic heterocycles. The number of rotatable bonds is 3. The molecular formula is C19H21N3O3. The number of carbonyl (C=O) groups excluding carboxylic acids is 1. The van der Waals surface area contributed by atoms with Gasteiger partial charge in [0.1, 0.15) is 11.3 Å². The van der Waals surface area contributed by atoms with Crippen molar-refractivity contribution in [1.82, 2.24) is 14.9 Å². The predicted octanol–water partition coefficient (Wildman–Crippen LogP) is 2.24. The standard InChI is InChI=1S/C19H21N3O3/c1-22-10-15(14-6-7-20-17(14)19(22)24)18(23)21-9-12-8-13-4-2-3-5-16(13)25-11-12/h3,5-7,10,12,20H,2,4,8-9,11H2,1H3,(H,21,23). The average molecular weight is 339 g/mol. The van der Waals surface area contributed by atoms with Crippen molar-refractivity contribution in [3.8, 4) is 0 Å². The Hall–Kier alpha value is -2.76. The largest absolute Gasteiger partial charge is 0.493 e. The number of amides is 1. The maximum atomic E-state index is 12.6. The zero-order valence-corrected chi connectivity index (χ0v) is 14.2. The van der Waals surface area contributed by atoms with Crippen LogP contribution in [0.4, 0.5) is 0 Å². The molecule has 0 spiro atoms. The quantitative estimate of drug-likeness (QED) is 0.900. The van der Waals surface area contributed by atoms with Crippen molar-refractivity contribution in [2.75, 3.05) is 13.2 Å². The molecular weight excluding hydrogens is 318 g/mol. The van der Waals surface area contributed by atoms with Gasteiger partial charge >= 0.3 is 0 Å². The first-order valence-electron chi connectivity index (χ1n) is 8.60. The average Bonchev–Trinajstić information content (AvgIpc) is 3.12. The van der Waals surface area contributed by atoms with E-state index in [1.165, 1.54) is 10.1 Å². The summed E-state index contributed by atoms with van der Waals surface area (Å²) < 4.78 is 7.25. The van der Waals surface area contributed by atoms with Crippen LogP contribution in [0.5, 0.6) is 0 Å². The molecule has 1 amide bonds. The van der Waals surface area contributed by atoms with Crippen LogP contribution in [-0.4, -0.2) is 28.6 Å². The van der Waals surface area contributed by atoms with Gasteiger partial charge in [0.25, 0.3) is 11.5 Å². The van der Waals surface area contributed by atoms with Crippen LogP contribution in [0, 0.1) is 5.92 Å². The van der Waals surface area contributed by atoms with Gasteiger partial charge in [-0.1, -0.05) is 6.08 Å². The van der Waals surface area contributed by atoms with Gasteiger partial charge in [-0.15, -0.1) is 0 Å². The fourth-order valence-corrected chi connectivity index (χ4v) is 3.57. The molecule has 0 saturated heterocycles. The smallest absolute Gasteiger partial charge is 0.274 e. The maximum Gasteiger partial charge on any atom is 0.274 e. The zero-order valence-electron chi connectivity index (χ0n) is 14.2. The molecule has 25 heavy (non-hydrogen) atoms. The lowest BCUT2D eigenvalue weighted by Crippen LogP contribution is -2.34. The Morgan fingerprint density at radius 1 is 1.48 bits per heavy atom. The van der Waals surface area contributed by atoms with Gasteiger partial charge in [0, 0.05) is 37.3 Å². The number of aromatic amines is 1. The predicted molar refractivity (Wildman–Crippen MR) is 95.3 cm³/mol. The van der Waals surface area contributed by atoms with Crippen LogP contribution in [0.1, 0.15) is 29.6 Å². The van der Waals surface area contributed by atoms with Crippen molar-refractivity contribution < 1.29 is 9.53 Å². The second-order valence-electron chi connectivity index (χ2n) is 6.73. The number of nitrogens with zero attached hydrogens (tertiary/aromatic N) is 1. The molecule has 2 aliphatic rings. The van der Waals surface area contributed by atoms with Crippen LogP contribution in [0.2, 0.25) is 0 Å².